The van der Waals surface area contributed by atoms with Gasteiger partial charge < -0.3 is 9.64 Å². The highest BCUT2D eigenvalue weighted by Gasteiger charge is 2.23. The summed E-state index contributed by atoms with van der Waals surface area (Å²) in [6.07, 6.45) is 0. The molecule has 0 aromatic heterocycles. The van der Waals surface area contributed by atoms with Gasteiger partial charge in [0.1, 0.15) is 4.90 Å². The molecule has 0 spiro atoms. The molecule has 0 unspecified atom stereocenters. The number of amides is 1. The molecule has 1 amide bonds. The van der Waals surface area contributed by atoms with Crippen molar-refractivity contribution < 1.29 is 22.7 Å². The number of sulfonamides is 1. The maximum Gasteiger partial charge on any atom is 0.338 e. The molecule has 10 heteroatoms. The number of nitrogens with one attached hydrogen (secondary N) is 1. The van der Waals surface area contributed by atoms with Crippen molar-refractivity contribution >= 4 is 55.1 Å². The van der Waals surface area contributed by atoms with Gasteiger partial charge in [0, 0.05) is 23.6 Å². The Kier molecular flexibility index (Phi) is 7.08. The molecule has 28 heavy (non-hydrogen) atoms. The van der Waals surface area contributed by atoms with Gasteiger partial charge in [-0.25, -0.2) is 13.2 Å². The maximum absolute atomic E-state index is 12.9. The minimum atomic E-state index is -4.08. The topological polar surface area (TPSA) is 92.8 Å². The Morgan fingerprint density at radius 3 is 2.43 bits per heavy atom. The van der Waals surface area contributed by atoms with E-state index in [0.717, 1.165) is 0 Å². The van der Waals surface area contributed by atoms with Gasteiger partial charge in [-0.15, -0.1) is 0 Å². The summed E-state index contributed by atoms with van der Waals surface area (Å²) >= 11 is 9.14. The van der Waals surface area contributed by atoms with Crippen LogP contribution in [0.3, 0.4) is 0 Å². The minimum Gasteiger partial charge on any atom is -0.462 e. The molecule has 150 valence electrons. The number of anilines is 1. The monoisotopic (exact) mass is 488 g/mol. The number of hydrogen-bond donors (Lipinski definition) is 1. The number of benzene rings is 2. The van der Waals surface area contributed by atoms with Crippen LogP contribution < -0.4 is 4.72 Å². The average molecular weight is 490 g/mol. The van der Waals surface area contributed by atoms with E-state index in [1.165, 1.54) is 41.3 Å². The van der Waals surface area contributed by atoms with Crippen LogP contribution in [0.4, 0.5) is 5.69 Å². The molecular formula is C18H18BrClN2O5S. The van der Waals surface area contributed by atoms with Crippen LogP contribution in [-0.2, 0) is 14.8 Å². The van der Waals surface area contributed by atoms with Gasteiger partial charge in [0.15, 0.2) is 0 Å². The van der Waals surface area contributed by atoms with E-state index in [-0.39, 0.29) is 43.7 Å². The second kappa shape index (κ2) is 8.93. The number of carbonyl (C=O) groups excluding carboxylic acids is 2. The number of rotatable bonds is 6. The van der Waals surface area contributed by atoms with Crippen molar-refractivity contribution in [2.45, 2.75) is 11.8 Å². The Morgan fingerprint density at radius 1 is 1.18 bits per heavy atom. The predicted molar refractivity (Wildman–Crippen MR) is 110 cm³/mol. The standard InChI is InChI=1S/C18H18BrClN2O5S/c1-4-27-18(24)11-5-8-16(14(19)9-11)28(25,26)21-15-10-12(20)6-7-13(15)17(23)22(2)3/h5-10,21H,4H2,1-3H3. The van der Waals surface area contributed by atoms with Gasteiger partial charge >= 0.3 is 5.97 Å². The Morgan fingerprint density at radius 2 is 1.86 bits per heavy atom. The SMILES string of the molecule is CCOC(=O)c1ccc(S(=O)(=O)Nc2cc(Cl)ccc2C(=O)N(C)C)c(Br)c1. The lowest BCUT2D eigenvalue weighted by atomic mass is 10.1. The summed E-state index contributed by atoms with van der Waals surface area (Å²) in [6, 6.07) is 8.28. The van der Waals surface area contributed by atoms with Crippen molar-refractivity contribution in [2.24, 2.45) is 0 Å². The molecule has 0 atom stereocenters. The van der Waals surface area contributed by atoms with Gasteiger partial charge in [-0.05, 0) is 59.3 Å². The normalized spacial score (nSPS) is 11.0. The van der Waals surface area contributed by atoms with E-state index in [0.29, 0.717) is 0 Å². The van der Waals surface area contributed by atoms with Crippen LogP contribution in [0.1, 0.15) is 27.6 Å². The van der Waals surface area contributed by atoms with E-state index in [9.17, 15) is 18.0 Å². The van der Waals surface area contributed by atoms with E-state index >= 15 is 0 Å². The van der Waals surface area contributed by atoms with E-state index in [4.69, 9.17) is 16.3 Å². The maximum atomic E-state index is 12.9. The molecule has 0 heterocycles. The zero-order valence-electron chi connectivity index (χ0n) is 15.3. The van der Waals surface area contributed by atoms with Gasteiger partial charge in [-0.1, -0.05) is 11.6 Å². The smallest absolute Gasteiger partial charge is 0.338 e. The lowest BCUT2D eigenvalue weighted by molar-refractivity contribution is 0.0526. The van der Waals surface area contributed by atoms with Crippen LogP contribution in [0.25, 0.3) is 0 Å². The number of carbonyl (C=O) groups is 2. The third kappa shape index (κ3) is 5.03. The van der Waals surface area contributed by atoms with Crippen LogP contribution >= 0.6 is 27.5 Å². The second-order valence-corrected chi connectivity index (χ2v) is 8.80. The van der Waals surface area contributed by atoms with Crippen LogP contribution in [0.2, 0.25) is 5.02 Å². The number of ether oxygens (including phenoxy) is 1. The summed E-state index contributed by atoms with van der Waals surface area (Å²) in [5.74, 6) is -0.945. The fourth-order valence-corrected chi connectivity index (χ4v) is 4.61. The summed E-state index contributed by atoms with van der Waals surface area (Å²) in [4.78, 5) is 25.4. The molecule has 0 saturated heterocycles. The Bertz CT molecular complexity index is 1020. The highest BCUT2D eigenvalue weighted by atomic mass is 79.9. The van der Waals surface area contributed by atoms with E-state index in [1.807, 2.05) is 0 Å². The molecular weight excluding hydrogens is 472 g/mol. The van der Waals surface area contributed by atoms with Crippen molar-refractivity contribution in [3.05, 3.63) is 57.0 Å². The molecule has 0 saturated carbocycles. The van der Waals surface area contributed by atoms with E-state index in [2.05, 4.69) is 20.7 Å². The summed E-state index contributed by atoms with van der Waals surface area (Å²) in [5, 5.41) is 0.268. The summed E-state index contributed by atoms with van der Waals surface area (Å²) in [7, 11) is -0.965. The Balaban J connectivity index is 2.43. The van der Waals surface area contributed by atoms with Crippen LogP contribution in [0.15, 0.2) is 45.8 Å². The van der Waals surface area contributed by atoms with Crippen molar-refractivity contribution in [1.82, 2.24) is 4.90 Å². The van der Waals surface area contributed by atoms with Crippen LogP contribution in [0, 0.1) is 0 Å². The quantitative estimate of drug-likeness (QED) is 0.623. The molecule has 1 N–H and O–H groups in total. The zero-order chi connectivity index (χ0) is 21.1. The zero-order valence-corrected chi connectivity index (χ0v) is 18.5. The molecule has 0 radical (unpaired) electrons. The molecule has 0 fully saturated rings. The second-order valence-electron chi connectivity index (χ2n) is 5.86. The Labute approximate surface area is 176 Å². The fraction of sp³-hybridized carbons (Fsp3) is 0.222. The number of hydrogen-bond acceptors (Lipinski definition) is 5. The lowest BCUT2D eigenvalue weighted by Crippen LogP contribution is -2.24. The first-order valence-electron chi connectivity index (χ1n) is 8.07. The van der Waals surface area contributed by atoms with Gasteiger partial charge in [0.05, 0.1) is 23.4 Å². The van der Waals surface area contributed by atoms with Crippen LogP contribution in [0.5, 0.6) is 0 Å². The lowest BCUT2D eigenvalue weighted by Gasteiger charge is -2.16. The molecule has 0 aliphatic heterocycles. The molecule has 2 aromatic carbocycles. The molecule has 0 aliphatic rings. The average Bonchev–Trinajstić information content (AvgIpc) is 2.60. The van der Waals surface area contributed by atoms with Crippen molar-refractivity contribution in [3.63, 3.8) is 0 Å². The predicted octanol–water partition coefficient (Wildman–Crippen LogP) is 3.78. The van der Waals surface area contributed by atoms with Crippen molar-refractivity contribution in [3.8, 4) is 0 Å². The van der Waals surface area contributed by atoms with Gasteiger partial charge in [-0.3, -0.25) is 9.52 Å². The number of halogens is 2. The number of nitrogens with zero attached hydrogens (tertiary/aromatic N) is 1. The minimum absolute atomic E-state index is 0.0487. The molecule has 0 aliphatic carbocycles. The van der Waals surface area contributed by atoms with Gasteiger partial charge in [0.2, 0.25) is 0 Å². The largest absolute Gasteiger partial charge is 0.462 e. The third-order valence-electron chi connectivity index (χ3n) is 3.60. The molecule has 7 nitrogen and oxygen atoms in total. The first kappa shape index (κ1) is 22.2. The number of esters is 1. The summed E-state index contributed by atoms with van der Waals surface area (Å²) in [6.45, 7) is 1.88. The molecule has 2 aromatic rings. The molecule has 2 rings (SSSR count). The van der Waals surface area contributed by atoms with E-state index < -0.39 is 16.0 Å². The molecule has 0 bridgehead atoms. The highest BCUT2D eigenvalue weighted by molar-refractivity contribution is 9.10. The van der Waals surface area contributed by atoms with E-state index in [1.54, 1.807) is 21.0 Å². The Hall–Kier alpha value is -2.10. The third-order valence-corrected chi connectivity index (χ3v) is 6.17. The van der Waals surface area contributed by atoms with Gasteiger partial charge in [-0.2, -0.15) is 0 Å². The highest BCUT2D eigenvalue weighted by Crippen LogP contribution is 2.29. The van der Waals surface area contributed by atoms with Crippen molar-refractivity contribution in [1.29, 1.82) is 0 Å². The van der Waals surface area contributed by atoms with Crippen molar-refractivity contribution in [2.75, 3.05) is 25.4 Å². The summed E-state index contributed by atoms with van der Waals surface area (Å²) < 4.78 is 33.2. The fourth-order valence-electron chi connectivity index (χ4n) is 2.29. The first-order valence-corrected chi connectivity index (χ1v) is 10.7. The van der Waals surface area contributed by atoms with Gasteiger partial charge in [0.25, 0.3) is 15.9 Å². The first-order chi connectivity index (χ1) is 13.1. The summed E-state index contributed by atoms with van der Waals surface area (Å²) in [5.41, 5.74) is 0.406. The van der Waals surface area contributed by atoms with Crippen LogP contribution in [-0.4, -0.2) is 45.9 Å².